The number of ether oxygens (including phenoxy) is 1. The zero-order valence-electron chi connectivity index (χ0n) is 11.5. The van der Waals surface area contributed by atoms with Crippen LogP contribution in [0.5, 0.6) is 0 Å². The van der Waals surface area contributed by atoms with Crippen LogP contribution in [0.15, 0.2) is 11.1 Å². The molecule has 2 aromatic rings. The Balaban J connectivity index is 1.73. The minimum Gasteiger partial charge on any atom is -0.384 e. The van der Waals surface area contributed by atoms with E-state index in [1.54, 1.807) is 0 Å². The Labute approximate surface area is 128 Å². The van der Waals surface area contributed by atoms with Crippen LogP contribution in [0.1, 0.15) is 6.23 Å². The molecule has 12 nitrogen and oxygen atoms in total. The number of nitrogens with zero attached hydrogens (tertiary/aromatic N) is 2. The lowest BCUT2D eigenvalue weighted by atomic mass is 10.1. The van der Waals surface area contributed by atoms with E-state index in [0.29, 0.717) is 0 Å². The van der Waals surface area contributed by atoms with Crippen LogP contribution in [-0.2, 0) is 13.8 Å². The normalized spacial score (nSPS) is 33.0. The number of hydrogen-bond acceptors (Lipinski definition) is 9. The Kier molecular flexibility index (Phi) is 3.19. The minimum atomic E-state index is -3.96. The van der Waals surface area contributed by atoms with E-state index in [9.17, 15) is 19.7 Å². The Bertz CT molecular complexity index is 822. The number of anilines is 1. The Morgan fingerprint density at radius 1 is 1.48 bits per heavy atom. The molecule has 2 saturated heterocycles. The maximum atomic E-state index is 11.8. The summed E-state index contributed by atoms with van der Waals surface area (Å²) in [5.41, 5.74) is 5.41. The number of aliphatic hydroxyl groups excluding tert-OH is 1. The van der Waals surface area contributed by atoms with Gasteiger partial charge in [-0.3, -0.25) is 14.8 Å². The topological polar surface area (TPSA) is 180 Å². The van der Waals surface area contributed by atoms with Crippen LogP contribution < -0.4 is 15.9 Å². The van der Waals surface area contributed by atoms with Gasteiger partial charge in [0.05, 0.1) is 0 Å². The second kappa shape index (κ2) is 4.92. The predicted octanol–water partition coefficient (Wildman–Crippen LogP) is -2.54. The van der Waals surface area contributed by atoms with Gasteiger partial charge in [0.15, 0.2) is 12.4 Å². The second-order valence-electron chi connectivity index (χ2n) is 5.24. The zero-order valence-corrected chi connectivity index (χ0v) is 12.4. The van der Waals surface area contributed by atoms with Crippen molar-refractivity contribution in [2.24, 2.45) is 0 Å². The number of aromatic amines is 2. The Morgan fingerprint density at radius 2 is 2.26 bits per heavy atom. The monoisotopic (exact) mass is 347 g/mol. The molecule has 0 aliphatic carbocycles. The molecular formula is C10H14N5O7P+2. The molecule has 0 unspecified atom stereocenters. The standard InChI is InChI=1S/C10H12N5O7P/c11-10-13-7-4(8(17)14-10)12-2-15(7)9-5(16)6-3(21-9)1-20-23(18,19)22-6/h2-3,5-6,9,16,18-19H,1H2,(H2-,11,13,14,17)/p+2/t3-,5-,6-,9-/m1/s1. The van der Waals surface area contributed by atoms with Crippen LogP contribution in [0, 0.1) is 0 Å². The smallest absolute Gasteiger partial charge is 0.384 e. The van der Waals surface area contributed by atoms with E-state index in [4.69, 9.17) is 19.5 Å². The molecule has 4 atom stereocenters. The van der Waals surface area contributed by atoms with Gasteiger partial charge in [0.25, 0.3) is 11.5 Å². The summed E-state index contributed by atoms with van der Waals surface area (Å²) in [7, 11) is -3.96. The van der Waals surface area contributed by atoms with Crippen molar-refractivity contribution in [2.45, 2.75) is 24.5 Å². The highest BCUT2D eigenvalue weighted by Gasteiger charge is 2.60. The molecule has 0 spiro atoms. The van der Waals surface area contributed by atoms with E-state index in [0.717, 1.165) is 0 Å². The van der Waals surface area contributed by atoms with Crippen molar-refractivity contribution in [3.63, 3.8) is 0 Å². The number of rotatable bonds is 1. The first kappa shape index (κ1) is 14.9. The average molecular weight is 347 g/mol. The zero-order chi connectivity index (χ0) is 16.4. The lowest BCUT2D eigenvalue weighted by molar-refractivity contribution is -0.745. The third kappa shape index (κ3) is 2.32. The van der Waals surface area contributed by atoms with Crippen LogP contribution in [-0.4, -0.2) is 54.8 Å². The fourth-order valence-electron chi connectivity index (χ4n) is 2.76. The number of hydrogen-bond donors (Lipinski definition) is 6. The molecule has 2 fully saturated rings. The van der Waals surface area contributed by atoms with E-state index in [1.807, 2.05) is 0 Å². The molecule has 0 saturated carbocycles. The van der Waals surface area contributed by atoms with Crippen LogP contribution >= 0.6 is 8.17 Å². The van der Waals surface area contributed by atoms with Crippen LogP contribution in [0.25, 0.3) is 11.2 Å². The van der Waals surface area contributed by atoms with Crippen molar-refractivity contribution < 1.29 is 33.2 Å². The molecule has 23 heavy (non-hydrogen) atoms. The fraction of sp³-hybridized carbons (Fsp3) is 0.500. The molecular weight excluding hydrogens is 333 g/mol. The van der Waals surface area contributed by atoms with Gasteiger partial charge in [0, 0.05) is 0 Å². The molecule has 7 N–H and O–H groups in total. The maximum absolute atomic E-state index is 11.8. The average Bonchev–Trinajstić information content (AvgIpc) is 3.00. The van der Waals surface area contributed by atoms with Crippen LogP contribution in [0.2, 0.25) is 0 Å². The van der Waals surface area contributed by atoms with Crippen molar-refractivity contribution in [3.8, 4) is 0 Å². The summed E-state index contributed by atoms with van der Waals surface area (Å²) in [5, 5.41) is 10.4. The van der Waals surface area contributed by atoms with Gasteiger partial charge in [-0.15, -0.1) is 4.52 Å². The summed E-state index contributed by atoms with van der Waals surface area (Å²) in [6.07, 6.45) is -2.46. The number of fused-ring (bicyclic) bond motifs is 2. The maximum Gasteiger partial charge on any atom is 0.570 e. The van der Waals surface area contributed by atoms with Gasteiger partial charge in [0.1, 0.15) is 18.8 Å². The van der Waals surface area contributed by atoms with Crippen molar-refractivity contribution in [1.29, 1.82) is 0 Å². The first-order valence-electron chi connectivity index (χ1n) is 6.65. The molecule has 13 heteroatoms. The summed E-state index contributed by atoms with van der Waals surface area (Å²) in [5.74, 6) is -0.0870. The molecule has 2 aliphatic heterocycles. The summed E-state index contributed by atoms with van der Waals surface area (Å²) < 4.78 is 16.8. The van der Waals surface area contributed by atoms with E-state index in [2.05, 4.69) is 15.0 Å². The third-order valence-electron chi connectivity index (χ3n) is 3.76. The summed E-state index contributed by atoms with van der Waals surface area (Å²) >= 11 is 0. The third-order valence-corrected chi connectivity index (χ3v) is 4.76. The molecule has 0 aromatic carbocycles. The Morgan fingerprint density at radius 3 is 3.04 bits per heavy atom. The number of aliphatic hydroxyl groups is 1. The first-order chi connectivity index (χ1) is 10.9. The number of imidazole rings is 1. The fourth-order valence-corrected chi connectivity index (χ4v) is 3.74. The largest absolute Gasteiger partial charge is 0.570 e. The number of H-pyrrole nitrogens is 2. The van der Waals surface area contributed by atoms with Crippen molar-refractivity contribution >= 4 is 25.3 Å². The second-order valence-corrected chi connectivity index (χ2v) is 6.69. The predicted molar refractivity (Wildman–Crippen MR) is 73.4 cm³/mol. The number of aromatic nitrogens is 4. The summed E-state index contributed by atoms with van der Waals surface area (Å²) in [6.45, 7) is -0.141. The lowest BCUT2D eigenvalue weighted by Crippen LogP contribution is -2.46. The van der Waals surface area contributed by atoms with E-state index >= 15 is 0 Å². The lowest BCUT2D eigenvalue weighted by Gasteiger charge is -2.24. The molecule has 124 valence electrons. The highest BCUT2D eigenvalue weighted by molar-refractivity contribution is 7.54. The number of nitrogens with one attached hydrogen (secondary N) is 2. The highest BCUT2D eigenvalue weighted by atomic mass is 31.2. The quantitative estimate of drug-likeness (QED) is 0.239. The van der Waals surface area contributed by atoms with Gasteiger partial charge >= 0.3 is 13.8 Å². The van der Waals surface area contributed by atoms with Crippen LogP contribution in [0.3, 0.4) is 0 Å². The van der Waals surface area contributed by atoms with E-state index in [-0.39, 0.29) is 23.7 Å². The van der Waals surface area contributed by atoms with E-state index in [1.165, 1.54) is 10.9 Å². The SMILES string of the molecule is Nc1nc2c([nH]c[n+]2[C@@H]2O[C@@H]3CO[P+](O)(O)O[C@H]3[C@H]2O)c(=O)[nH]1. The molecule has 0 bridgehead atoms. The first-order valence-corrected chi connectivity index (χ1v) is 8.18. The van der Waals surface area contributed by atoms with Gasteiger partial charge in [-0.1, -0.05) is 4.98 Å². The van der Waals surface area contributed by atoms with Gasteiger partial charge in [-0.05, 0) is 0 Å². The van der Waals surface area contributed by atoms with Gasteiger partial charge in [0.2, 0.25) is 11.7 Å². The molecule has 2 aliphatic rings. The van der Waals surface area contributed by atoms with Crippen molar-refractivity contribution in [2.75, 3.05) is 12.3 Å². The molecule has 2 aromatic heterocycles. The molecule has 4 heterocycles. The minimum absolute atomic E-state index is 0.0870. The van der Waals surface area contributed by atoms with Gasteiger partial charge in [-0.25, -0.2) is 4.57 Å². The van der Waals surface area contributed by atoms with Crippen molar-refractivity contribution in [3.05, 3.63) is 16.7 Å². The number of nitrogens with two attached hydrogens (primary N) is 1. The Hall–Kier alpha value is -1.66. The summed E-state index contributed by atoms with van der Waals surface area (Å²) in [6, 6.07) is 0. The van der Waals surface area contributed by atoms with Crippen molar-refractivity contribution in [1.82, 2.24) is 15.0 Å². The highest BCUT2D eigenvalue weighted by Crippen LogP contribution is 2.58. The van der Waals surface area contributed by atoms with Crippen LogP contribution in [0.4, 0.5) is 5.95 Å². The number of nitrogen functional groups attached to an aromatic ring is 1. The van der Waals surface area contributed by atoms with E-state index < -0.39 is 38.3 Å². The molecule has 0 amide bonds. The van der Waals surface area contributed by atoms with Gasteiger partial charge in [-0.2, -0.15) is 14.3 Å². The summed E-state index contributed by atoms with van der Waals surface area (Å²) in [4.78, 5) is 39.8. The van der Waals surface area contributed by atoms with Gasteiger partial charge < -0.3 is 15.6 Å². The molecule has 4 rings (SSSR count). The molecule has 0 radical (unpaired) electrons.